The predicted octanol–water partition coefficient (Wildman–Crippen LogP) is 4.33. The average Bonchev–Trinajstić information content (AvgIpc) is 3.42. The largest absolute Gasteiger partial charge is 0.376 e. The Kier molecular flexibility index (Phi) is 7.23. The van der Waals surface area contributed by atoms with E-state index in [4.69, 9.17) is 27.9 Å². The van der Waals surface area contributed by atoms with E-state index < -0.39 is 17.7 Å². The Morgan fingerprint density at radius 2 is 1.88 bits per heavy atom. The number of hydrogen-bond acceptors (Lipinski definition) is 4. The van der Waals surface area contributed by atoms with E-state index in [0.717, 1.165) is 17.3 Å². The number of ether oxygens (including phenoxy) is 1. The Morgan fingerprint density at radius 1 is 1.06 bits per heavy atom. The maximum Gasteiger partial charge on any atom is 0.328 e. The molecule has 0 saturated carbocycles. The van der Waals surface area contributed by atoms with E-state index in [1.807, 2.05) is 0 Å². The number of carbonyl (C=O) groups is 3. The smallest absolute Gasteiger partial charge is 0.328 e. The number of nitrogens with one attached hydrogen (secondary N) is 3. The zero-order valence-electron chi connectivity index (χ0n) is 17.2. The fourth-order valence-electron chi connectivity index (χ4n) is 3.49. The predicted molar refractivity (Wildman–Crippen MR) is 130 cm³/mol. The molecular formula is C22H19BrCl2N4O4. The highest BCUT2D eigenvalue weighted by molar-refractivity contribution is 9.10. The van der Waals surface area contributed by atoms with Gasteiger partial charge < -0.3 is 15.4 Å². The molecule has 0 spiro atoms. The molecule has 1 atom stereocenters. The molecule has 11 heteroatoms. The van der Waals surface area contributed by atoms with Crippen molar-refractivity contribution in [2.45, 2.75) is 18.9 Å². The van der Waals surface area contributed by atoms with Gasteiger partial charge in [0.2, 0.25) is 0 Å². The lowest BCUT2D eigenvalue weighted by molar-refractivity contribution is -0.136. The van der Waals surface area contributed by atoms with Crippen LogP contribution in [0.4, 0.5) is 5.69 Å². The number of rotatable bonds is 5. The van der Waals surface area contributed by atoms with Crippen LogP contribution in [-0.4, -0.2) is 41.7 Å². The minimum atomic E-state index is -0.906. The molecule has 3 amide bonds. The molecular weight excluding hydrogens is 535 g/mol. The van der Waals surface area contributed by atoms with Crippen LogP contribution in [0.3, 0.4) is 0 Å². The second-order valence-corrected chi connectivity index (χ2v) is 9.17. The quantitative estimate of drug-likeness (QED) is 0.409. The Bertz CT molecular complexity index is 1240. The van der Waals surface area contributed by atoms with Crippen molar-refractivity contribution in [1.82, 2.24) is 9.99 Å². The van der Waals surface area contributed by atoms with Crippen molar-refractivity contribution >= 4 is 73.4 Å². The van der Waals surface area contributed by atoms with Gasteiger partial charge >= 0.3 is 11.8 Å². The number of amides is 3. The number of benzene rings is 2. The first-order chi connectivity index (χ1) is 15.8. The number of hydrogen-bond donors (Lipinski definition) is 3. The number of aromatic nitrogens is 1. The first kappa shape index (κ1) is 23.6. The van der Waals surface area contributed by atoms with Gasteiger partial charge in [0.25, 0.3) is 5.91 Å². The number of halogens is 3. The van der Waals surface area contributed by atoms with Gasteiger partial charge in [0.05, 0.1) is 21.7 Å². The van der Waals surface area contributed by atoms with Crippen LogP contribution in [0.25, 0.3) is 10.9 Å². The molecule has 1 fully saturated rings. The summed E-state index contributed by atoms with van der Waals surface area (Å²) in [5.74, 6) is -2.24. The summed E-state index contributed by atoms with van der Waals surface area (Å²) in [6.45, 7) is 0.894. The van der Waals surface area contributed by atoms with Crippen molar-refractivity contribution in [2.24, 2.45) is 0 Å². The lowest BCUT2D eigenvalue weighted by Crippen LogP contribution is -2.42. The summed E-state index contributed by atoms with van der Waals surface area (Å²) < 4.78 is 7.53. The minimum absolute atomic E-state index is 0.0981. The topological polar surface area (TPSA) is 101 Å². The summed E-state index contributed by atoms with van der Waals surface area (Å²) in [5.41, 5.74) is 3.60. The summed E-state index contributed by atoms with van der Waals surface area (Å²) >= 11 is 15.4. The molecule has 1 saturated heterocycles. The van der Waals surface area contributed by atoms with Gasteiger partial charge in [-0.1, -0.05) is 39.1 Å². The third-order valence-electron chi connectivity index (χ3n) is 5.11. The van der Waals surface area contributed by atoms with E-state index in [2.05, 4.69) is 32.0 Å². The molecule has 172 valence electrons. The van der Waals surface area contributed by atoms with Gasteiger partial charge in [-0.3, -0.25) is 19.8 Å². The zero-order chi connectivity index (χ0) is 23.5. The minimum Gasteiger partial charge on any atom is -0.376 e. The van der Waals surface area contributed by atoms with Gasteiger partial charge in [-0.25, -0.2) is 4.68 Å². The second kappa shape index (κ2) is 10.1. The molecule has 0 unspecified atom stereocenters. The Hall–Kier alpha value is -2.59. The van der Waals surface area contributed by atoms with Crippen molar-refractivity contribution in [3.63, 3.8) is 0 Å². The van der Waals surface area contributed by atoms with Crippen LogP contribution in [0.5, 0.6) is 0 Å². The van der Waals surface area contributed by atoms with Crippen LogP contribution in [0.2, 0.25) is 10.0 Å². The highest BCUT2D eigenvalue weighted by Crippen LogP contribution is 2.27. The van der Waals surface area contributed by atoms with Crippen LogP contribution in [0, 0.1) is 0 Å². The molecule has 1 aromatic heterocycles. The standard InChI is InChI=1S/C22H19BrCl2N4O4/c23-13-3-6-18-12(8-13)9-19(20(30)27-14-4-5-16(24)17(25)10-14)29(18)28-22(32)21(31)26-11-15-2-1-7-33-15/h3-6,8-10,15H,1-2,7,11H2,(H,26,31)(H,27,30)(H,28,32)/t15-/m0/s1. The van der Waals surface area contributed by atoms with Crippen molar-refractivity contribution in [3.8, 4) is 0 Å². The van der Waals surface area contributed by atoms with Gasteiger partial charge in [0.1, 0.15) is 5.69 Å². The monoisotopic (exact) mass is 552 g/mol. The highest BCUT2D eigenvalue weighted by atomic mass is 79.9. The summed E-state index contributed by atoms with van der Waals surface area (Å²) in [6.07, 6.45) is 1.66. The second-order valence-electron chi connectivity index (χ2n) is 7.44. The summed E-state index contributed by atoms with van der Waals surface area (Å²) in [6, 6.07) is 11.6. The number of fused-ring (bicyclic) bond motifs is 1. The third-order valence-corrected chi connectivity index (χ3v) is 6.34. The lowest BCUT2D eigenvalue weighted by atomic mass is 10.2. The van der Waals surface area contributed by atoms with Crippen molar-refractivity contribution < 1.29 is 19.1 Å². The Balaban J connectivity index is 1.57. The zero-order valence-corrected chi connectivity index (χ0v) is 20.3. The first-order valence-electron chi connectivity index (χ1n) is 10.1. The molecule has 4 rings (SSSR count). The Morgan fingerprint density at radius 3 is 2.61 bits per heavy atom. The van der Waals surface area contributed by atoms with Gasteiger partial charge in [0.15, 0.2) is 0 Å². The van der Waals surface area contributed by atoms with E-state index in [0.29, 0.717) is 28.2 Å². The molecule has 3 N–H and O–H groups in total. The van der Waals surface area contributed by atoms with Crippen LogP contribution in [0.15, 0.2) is 46.9 Å². The molecule has 33 heavy (non-hydrogen) atoms. The van der Waals surface area contributed by atoms with Gasteiger partial charge in [-0.15, -0.1) is 0 Å². The maximum absolute atomic E-state index is 13.0. The fraction of sp³-hybridized carbons (Fsp3) is 0.227. The summed E-state index contributed by atoms with van der Waals surface area (Å²) in [4.78, 5) is 38.0. The number of anilines is 1. The molecule has 3 aromatic rings. The SMILES string of the molecule is O=C(NC[C@@H]1CCCO1)C(=O)Nn1c(C(=O)Nc2ccc(Cl)c(Cl)c2)cc2cc(Br)ccc21. The van der Waals surface area contributed by atoms with E-state index in [1.54, 1.807) is 36.4 Å². The van der Waals surface area contributed by atoms with Crippen molar-refractivity contribution in [3.05, 3.63) is 62.7 Å². The van der Waals surface area contributed by atoms with E-state index in [1.165, 1.54) is 10.7 Å². The molecule has 0 bridgehead atoms. The van der Waals surface area contributed by atoms with E-state index >= 15 is 0 Å². The third kappa shape index (κ3) is 5.50. The number of carbonyl (C=O) groups excluding carboxylic acids is 3. The summed E-state index contributed by atoms with van der Waals surface area (Å²) in [7, 11) is 0. The average molecular weight is 554 g/mol. The van der Waals surface area contributed by atoms with Gasteiger partial charge in [-0.05, 0) is 55.3 Å². The van der Waals surface area contributed by atoms with Crippen molar-refractivity contribution in [2.75, 3.05) is 23.9 Å². The lowest BCUT2D eigenvalue weighted by Gasteiger charge is -2.14. The van der Waals surface area contributed by atoms with Crippen LogP contribution < -0.4 is 16.1 Å². The molecule has 0 radical (unpaired) electrons. The normalized spacial score (nSPS) is 15.4. The Labute approximate surface area is 207 Å². The van der Waals surface area contributed by atoms with Crippen molar-refractivity contribution in [1.29, 1.82) is 0 Å². The van der Waals surface area contributed by atoms with Gasteiger partial charge in [0, 0.05) is 28.7 Å². The first-order valence-corrected chi connectivity index (χ1v) is 11.6. The highest BCUT2D eigenvalue weighted by Gasteiger charge is 2.23. The molecule has 1 aliphatic rings. The maximum atomic E-state index is 13.0. The van der Waals surface area contributed by atoms with Crippen LogP contribution >= 0.6 is 39.1 Å². The van der Waals surface area contributed by atoms with Crippen LogP contribution in [0.1, 0.15) is 23.3 Å². The van der Waals surface area contributed by atoms with Gasteiger partial charge in [-0.2, -0.15) is 0 Å². The molecule has 0 aliphatic carbocycles. The molecule has 2 heterocycles. The number of nitrogens with zero attached hydrogens (tertiary/aromatic N) is 1. The molecule has 1 aliphatic heterocycles. The van der Waals surface area contributed by atoms with E-state index in [-0.39, 0.29) is 23.4 Å². The molecule has 2 aromatic carbocycles. The fourth-order valence-corrected chi connectivity index (χ4v) is 4.16. The summed E-state index contributed by atoms with van der Waals surface area (Å²) in [5, 5.41) is 6.62. The van der Waals surface area contributed by atoms with E-state index in [9.17, 15) is 14.4 Å². The van der Waals surface area contributed by atoms with Crippen LogP contribution in [-0.2, 0) is 14.3 Å². The molecule has 8 nitrogen and oxygen atoms in total.